The minimum absolute atomic E-state index is 0.106. The van der Waals surface area contributed by atoms with Crippen LogP contribution in [0.25, 0.3) is 0 Å². The number of carbonyl (C=O) groups excluding carboxylic acids is 1. The lowest BCUT2D eigenvalue weighted by Crippen LogP contribution is -2.40. The highest BCUT2D eigenvalue weighted by Gasteiger charge is 2.14. The van der Waals surface area contributed by atoms with Gasteiger partial charge in [0.25, 0.3) is 5.95 Å². The summed E-state index contributed by atoms with van der Waals surface area (Å²) in [4.78, 5) is 19.8. The predicted octanol–water partition coefficient (Wildman–Crippen LogP) is 2.12. The molecular weight excluding hydrogens is 306 g/mol. The monoisotopic (exact) mass is 331 g/mol. The van der Waals surface area contributed by atoms with Crippen LogP contribution >= 0.6 is 0 Å². The van der Waals surface area contributed by atoms with E-state index in [2.05, 4.69) is 34.5 Å². The first kappa shape index (κ1) is 17.8. The molecule has 0 aliphatic carbocycles. The van der Waals surface area contributed by atoms with E-state index >= 15 is 0 Å². The molecule has 1 heterocycles. The van der Waals surface area contributed by atoms with Crippen molar-refractivity contribution in [3.8, 4) is 0 Å². The molecule has 0 spiro atoms. The van der Waals surface area contributed by atoms with Gasteiger partial charge in [0.1, 0.15) is 0 Å². The van der Waals surface area contributed by atoms with E-state index in [0.29, 0.717) is 31.3 Å². The summed E-state index contributed by atoms with van der Waals surface area (Å²) in [5.41, 5.74) is 1.22. The molecule has 1 N–H and O–H groups in total. The summed E-state index contributed by atoms with van der Waals surface area (Å²) in [6.07, 6.45) is 0.509. The summed E-state index contributed by atoms with van der Waals surface area (Å²) in [5.74, 6) is 1.32. The van der Waals surface area contributed by atoms with Crippen molar-refractivity contribution in [3.63, 3.8) is 0 Å². The zero-order chi connectivity index (χ0) is 17.5. The SMILES string of the molecule is CC(CN(C)C(=O)NCCc1nc(N(C)C)no1)c1ccccc1. The van der Waals surface area contributed by atoms with Crippen LogP contribution in [0.1, 0.15) is 24.3 Å². The average Bonchev–Trinajstić information content (AvgIpc) is 3.04. The Morgan fingerprint density at radius 1 is 1.25 bits per heavy atom. The van der Waals surface area contributed by atoms with E-state index in [4.69, 9.17) is 4.52 Å². The molecule has 0 fully saturated rings. The van der Waals surface area contributed by atoms with E-state index in [0.717, 1.165) is 0 Å². The minimum atomic E-state index is -0.106. The molecule has 1 aromatic heterocycles. The van der Waals surface area contributed by atoms with Gasteiger partial charge >= 0.3 is 6.03 Å². The fraction of sp³-hybridized carbons (Fsp3) is 0.471. The van der Waals surface area contributed by atoms with Crippen LogP contribution < -0.4 is 10.2 Å². The number of benzene rings is 1. The lowest BCUT2D eigenvalue weighted by molar-refractivity contribution is 0.206. The normalized spacial score (nSPS) is 11.8. The van der Waals surface area contributed by atoms with Crippen LogP contribution in [0, 0.1) is 0 Å². The lowest BCUT2D eigenvalue weighted by Gasteiger charge is -2.22. The first-order valence-electron chi connectivity index (χ1n) is 8.01. The molecule has 2 rings (SSSR count). The molecule has 0 aliphatic heterocycles. The van der Waals surface area contributed by atoms with Gasteiger partial charge in [0.2, 0.25) is 5.89 Å². The molecule has 7 nitrogen and oxygen atoms in total. The lowest BCUT2D eigenvalue weighted by atomic mass is 10.0. The third kappa shape index (κ3) is 4.97. The molecule has 1 atom stereocenters. The average molecular weight is 331 g/mol. The van der Waals surface area contributed by atoms with Gasteiger partial charge in [-0.25, -0.2) is 4.79 Å². The van der Waals surface area contributed by atoms with Gasteiger partial charge in [0, 0.05) is 40.7 Å². The van der Waals surface area contributed by atoms with Gasteiger partial charge in [-0.05, 0) is 16.6 Å². The van der Waals surface area contributed by atoms with Crippen molar-refractivity contribution in [2.45, 2.75) is 19.3 Å². The molecule has 1 unspecified atom stereocenters. The Kier molecular flexibility index (Phi) is 6.17. The van der Waals surface area contributed by atoms with E-state index in [1.54, 1.807) is 16.8 Å². The molecule has 0 radical (unpaired) electrons. The zero-order valence-electron chi connectivity index (χ0n) is 14.7. The summed E-state index contributed by atoms with van der Waals surface area (Å²) in [7, 11) is 5.49. The second kappa shape index (κ2) is 8.33. The maximum atomic E-state index is 12.2. The van der Waals surface area contributed by atoms with Crippen molar-refractivity contribution in [1.82, 2.24) is 20.4 Å². The van der Waals surface area contributed by atoms with Gasteiger partial charge in [-0.3, -0.25) is 0 Å². The standard InChI is InChI=1S/C17H25N5O2/c1-13(14-8-6-5-7-9-14)12-22(4)17(23)18-11-10-15-19-16(20-24-15)21(2)3/h5-9,13H,10-12H2,1-4H3,(H,18,23). The van der Waals surface area contributed by atoms with E-state index in [-0.39, 0.29) is 11.9 Å². The minimum Gasteiger partial charge on any atom is -0.344 e. The number of hydrogen-bond acceptors (Lipinski definition) is 5. The number of anilines is 1. The number of amides is 2. The largest absolute Gasteiger partial charge is 0.344 e. The van der Waals surface area contributed by atoms with E-state index in [9.17, 15) is 4.79 Å². The van der Waals surface area contributed by atoms with E-state index in [1.165, 1.54) is 5.56 Å². The fourth-order valence-corrected chi connectivity index (χ4v) is 2.32. The van der Waals surface area contributed by atoms with Crippen LogP contribution in [-0.2, 0) is 6.42 Å². The number of urea groups is 1. The predicted molar refractivity (Wildman–Crippen MR) is 93.2 cm³/mol. The third-order valence-corrected chi connectivity index (χ3v) is 3.74. The Balaban J connectivity index is 1.75. The molecule has 130 valence electrons. The Morgan fingerprint density at radius 2 is 1.96 bits per heavy atom. The Labute approximate surface area is 142 Å². The van der Waals surface area contributed by atoms with Gasteiger partial charge in [-0.15, -0.1) is 0 Å². The second-order valence-corrected chi connectivity index (χ2v) is 6.06. The van der Waals surface area contributed by atoms with Gasteiger partial charge < -0.3 is 19.6 Å². The van der Waals surface area contributed by atoms with Crippen LogP contribution in [0.2, 0.25) is 0 Å². The summed E-state index contributed by atoms with van der Waals surface area (Å²) in [5, 5.41) is 6.71. The molecule has 0 bridgehead atoms. The maximum absolute atomic E-state index is 12.2. The molecule has 7 heteroatoms. The molecule has 0 aliphatic rings. The van der Waals surface area contributed by atoms with Gasteiger partial charge in [-0.2, -0.15) is 4.98 Å². The van der Waals surface area contributed by atoms with Crippen LogP contribution in [0.3, 0.4) is 0 Å². The maximum Gasteiger partial charge on any atom is 0.317 e. The Bertz CT molecular complexity index is 641. The second-order valence-electron chi connectivity index (χ2n) is 6.06. The van der Waals surface area contributed by atoms with Crippen molar-refractivity contribution < 1.29 is 9.32 Å². The third-order valence-electron chi connectivity index (χ3n) is 3.74. The first-order valence-corrected chi connectivity index (χ1v) is 8.01. The number of nitrogens with zero attached hydrogens (tertiary/aromatic N) is 4. The van der Waals surface area contributed by atoms with Crippen LogP contribution in [0.4, 0.5) is 10.7 Å². The molecule has 2 aromatic rings. The Morgan fingerprint density at radius 3 is 2.58 bits per heavy atom. The van der Waals surface area contributed by atoms with Crippen molar-refractivity contribution in [2.75, 3.05) is 39.1 Å². The number of aromatic nitrogens is 2. The molecule has 1 aromatic carbocycles. The summed E-state index contributed by atoms with van der Waals surface area (Å²) in [6.45, 7) is 3.22. The number of likely N-dealkylation sites (N-methyl/N-ethyl adjacent to an activating group) is 1. The van der Waals surface area contributed by atoms with Gasteiger partial charge in [0.15, 0.2) is 0 Å². The van der Waals surface area contributed by atoms with Crippen molar-refractivity contribution in [3.05, 3.63) is 41.8 Å². The number of rotatable bonds is 7. The first-order chi connectivity index (χ1) is 11.5. The smallest absolute Gasteiger partial charge is 0.317 e. The van der Waals surface area contributed by atoms with Crippen molar-refractivity contribution in [1.29, 1.82) is 0 Å². The molecule has 0 saturated heterocycles. The number of carbonyl (C=O) groups is 1. The number of nitrogens with one attached hydrogen (secondary N) is 1. The van der Waals surface area contributed by atoms with E-state index < -0.39 is 0 Å². The Hall–Kier alpha value is -2.57. The van der Waals surface area contributed by atoms with Gasteiger partial charge in [-0.1, -0.05) is 37.3 Å². The van der Waals surface area contributed by atoms with Gasteiger partial charge in [0.05, 0.1) is 0 Å². The molecule has 2 amide bonds. The number of hydrogen-bond donors (Lipinski definition) is 1. The molecule has 24 heavy (non-hydrogen) atoms. The van der Waals surface area contributed by atoms with E-state index in [1.807, 2.05) is 32.3 Å². The van der Waals surface area contributed by atoms with Crippen molar-refractivity contribution >= 4 is 12.0 Å². The molecule has 0 saturated carbocycles. The highest BCUT2D eigenvalue weighted by atomic mass is 16.5. The molecular formula is C17H25N5O2. The van der Waals surface area contributed by atoms with Crippen LogP contribution in [0.15, 0.2) is 34.9 Å². The van der Waals surface area contributed by atoms with Crippen LogP contribution in [0.5, 0.6) is 0 Å². The van der Waals surface area contributed by atoms with Crippen molar-refractivity contribution in [2.24, 2.45) is 0 Å². The fourth-order valence-electron chi connectivity index (χ4n) is 2.32. The summed E-state index contributed by atoms with van der Waals surface area (Å²) >= 11 is 0. The topological polar surface area (TPSA) is 74.5 Å². The summed E-state index contributed by atoms with van der Waals surface area (Å²) in [6, 6.07) is 10.1. The highest BCUT2D eigenvalue weighted by Crippen LogP contribution is 2.15. The zero-order valence-corrected chi connectivity index (χ0v) is 14.7. The summed E-state index contributed by atoms with van der Waals surface area (Å²) < 4.78 is 5.12. The quantitative estimate of drug-likeness (QED) is 0.841. The highest BCUT2D eigenvalue weighted by molar-refractivity contribution is 5.73. The van der Waals surface area contributed by atoms with Crippen LogP contribution in [-0.4, -0.2) is 55.3 Å².